The lowest BCUT2D eigenvalue weighted by atomic mass is 9.98. The first-order valence-corrected chi connectivity index (χ1v) is 22.9. The molecule has 1 heterocycles. The van der Waals surface area contributed by atoms with Crippen molar-refractivity contribution in [1.29, 1.82) is 0 Å². The molecule has 0 saturated carbocycles. The lowest BCUT2D eigenvalue weighted by molar-refractivity contribution is -0.303. The predicted molar refractivity (Wildman–Crippen MR) is 222 cm³/mol. The fraction of sp³-hybridized carbons (Fsp3) is 0.955. The summed E-state index contributed by atoms with van der Waals surface area (Å²) in [5.41, 5.74) is 0. The minimum atomic E-state index is -1.62. The third kappa shape index (κ3) is 24.5. The molecule has 0 aromatic heterocycles. The van der Waals surface area contributed by atoms with Crippen LogP contribution in [0.2, 0.25) is 0 Å². The van der Waals surface area contributed by atoms with Gasteiger partial charge in [-0.25, -0.2) is 0 Å². The van der Waals surface area contributed by atoms with Crippen molar-refractivity contribution in [2.45, 2.75) is 243 Å². The first-order valence-electron chi connectivity index (χ1n) is 22.9. The molecule has 2 amide bonds. The van der Waals surface area contributed by atoms with Crippen LogP contribution in [0.3, 0.4) is 0 Å². The number of hydrogen-bond acceptors (Lipinski definition) is 10. The molecule has 1 fully saturated rings. The van der Waals surface area contributed by atoms with Gasteiger partial charge in [-0.1, -0.05) is 155 Å². The van der Waals surface area contributed by atoms with E-state index in [1.165, 1.54) is 64.2 Å². The number of hydrogen-bond donors (Lipinski definition) is 7. The van der Waals surface area contributed by atoms with E-state index in [4.69, 9.17) is 9.47 Å². The second kappa shape index (κ2) is 34.5. The van der Waals surface area contributed by atoms with Gasteiger partial charge in [0.1, 0.15) is 30.5 Å². The van der Waals surface area contributed by atoms with Crippen molar-refractivity contribution < 1.29 is 49.7 Å². The van der Waals surface area contributed by atoms with E-state index in [2.05, 4.69) is 19.2 Å². The smallest absolute Gasteiger partial charge is 0.222 e. The second-order valence-corrected chi connectivity index (χ2v) is 16.5. The Balaban J connectivity index is 2.41. The van der Waals surface area contributed by atoms with Crippen LogP contribution in [-0.4, -0.2) is 123 Å². The quantitative estimate of drug-likeness (QED) is 0.0345. The highest BCUT2D eigenvalue weighted by molar-refractivity contribution is 5.76. The van der Waals surface area contributed by atoms with Gasteiger partial charge in [0.15, 0.2) is 6.29 Å². The monoisotopic (exact) mass is 803 g/mol. The number of amides is 2. The summed E-state index contributed by atoms with van der Waals surface area (Å²) in [5.74, 6) is -0.0288. The van der Waals surface area contributed by atoms with Gasteiger partial charge in [-0.3, -0.25) is 9.59 Å². The highest BCUT2D eigenvalue weighted by atomic mass is 16.7. The molecule has 8 atom stereocenters. The first kappa shape index (κ1) is 52.6. The van der Waals surface area contributed by atoms with Gasteiger partial charge in [0.2, 0.25) is 11.8 Å². The minimum Gasteiger partial charge on any atom is -0.394 e. The molecule has 0 unspecified atom stereocenters. The van der Waals surface area contributed by atoms with Crippen LogP contribution >= 0.6 is 0 Å². The largest absolute Gasteiger partial charge is 0.394 e. The normalized spacial score (nSPS) is 21.5. The van der Waals surface area contributed by atoms with Crippen molar-refractivity contribution in [3.63, 3.8) is 0 Å². The van der Waals surface area contributed by atoms with Gasteiger partial charge < -0.3 is 50.3 Å². The number of aliphatic hydroxyl groups excluding tert-OH is 6. The summed E-state index contributed by atoms with van der Waals surface area (Å²) < 4.78 is 11.1. The summed E-state index contributed by atoms with van der Waals surface area (Å²) in [6.07, 6.45) is 19.5. The highest BCUT2D eigenvalue weighted by Crippen LogP contribution is 2.23. The predicted octanol–water partition coefficient (Wildman–Crippen LogP) is 6.43. The molecule has 0 spiro atoms. The third-order valence-electron chi connectivity index (χ3n) is 11.4. The fourth-order valence-corrected chi connectivity index (χ4v) is 7.43. The van der Waals surface area contributed by atoms with Gasteiger partial charge in [0.05, 0.1) is 25.4 Å². The maximum Gasteiger partial charge on any atom is 0.222 e. The average molecular weight is 803 g/mol. The van der Waals surface area contributed by atoms with E-state index in [9.17, 15) is 40.2 Å². The zero-order valence-electron chi connectivity index (χ0n) is 35.8. The maximum atomic E-state index is 13.0. The van der Waals surface area contributed by atoms with Crippen LogP contribution < -0.4 is 5.32 Å². The lowest BCUT2D eigenvalue weighted by Gasteiger charge is -2.40. The molecule has 0 radical (unpaired) electrons. The molecule has 1 rings (SSSR count). The Kier molecular flexibility index (Phi) is 32.4. The molecule has 0 aromatic rings. The van der Waals surface area contributed by atoms with E-state index < -0.39 is 55.6 Å². The van der Waals surface area contributed by atoms with Crippen molar-refractivity contribution >= 4 is 11.8 Å². The van der Waals surface area contributed by atoms with Crippen LogP contribution in [0.4, 0.5) is 0 Å². The standard InChI is InChI=1S/C44H86N2O10/c1-4-6-8-10-11-12-13-14-16-19-22-25-29-36(48)40(51)35(34-55-44-43(54)42(53)41(52)37(33-47)56-44)45-38(49)30-26-23-20-17-15-18-21-24-28-32-46(3)39(50)31-27-9-7-5-2/h35-37,40-44,47-48,51-54H,4-34H2,1-3H3,(H,45,49)/t35-,36+,37+,40-,41-,42-,43+,44-/m0/s1. The number of nitrogens with one attached hydrogen (secondary N) is 1. The maximum absolute atomic E-state index is 13.0. The molecule has 0 aromatic carbocycles. The van der Waals surface area contributed by atoms with Crippen LogP contribution in [0.15, 0.2) is 0 Å². The zero-order valence-corrected chi connectivity index (χ0v) is 35.8. The molecule has 1 aliphatic heterocycles. The topological polar surface area (TPSA) is 189 Å². The van der Waals surface area contributed by atoms with Crippen LogP contribution in [0.1, 0.15) is 194 Å². The number of carbonyl (C=O) groups is 2. The molecule has 7 N–H and O–H groups in total. The number of ether oxygens (including phenoxy) is 2. The molecule has 12 heteroatoms. The summed E-state index contributed by atoms with van der Waals surface area (Å²) in [4.78, 5) is 27.1. The summed E-state index contributed by atoms with van der Waals surface area (Å²) in [6.45, 7) is 4.30. The third-order valence-corrected chi connectivity index (χ3v) is 11.4. The fourth-order valence-electron chi connectivity index (χ4n) is 7.43. The Morgan fingerprint density at radius 1 is 0.643 bits per heavy atom. The van der Waals surface area contributed by atoms with Gasteiger partial charge in [-0.2, -0.15) is 0 Å². The van der Waals surface area contributed by atoms with E-state index in [1.807, 2.05) is 11.9 Å². The van der Waals surface area contributed by atoms with Crippen LogP contribution in [0, 0.1) is 0 Å². The first-order chi connectivity index (χ1) is 27.1. The van der Waals surface area contributed by atoms with Crippen molar-refractivity contribution in [3.05, 3.63) is 0 Å². The number of nitrogens with zero attached hydrogens (tertiary/aromatic N) is 1. The van der Waals surface area contributed by atoms with E-state index in [0.717, 1.165) is 96.4 Å². The second-order valence-electron chi connectivity index (χ2n) is 16.5. The van der Waals surface area contributed by atoms with E-state index in [1.54, 1.807) is 0 Å². The van der Waals surface area contributed by atoms with E-state index in [0.29, 0.717) is 19.3 Å². The van der Waals surface area contributed by atoms with Crippen molar-refractivity contribution in [2.75, 3.05) is 26.8 Å². The Labute approximate surface area is 340 Å². The molecule has 0 aliphatic carbocycles. The SMILES string of the molecule is CCCCCCCCCCCCCC[C@@H](O)[C@@H](O)[C@H](CO[C@H]1O[C@H](CO)[C@H](O)[C@H](O)[C@H]1O)NC(=O)CCCCCCCCCCCN(C)C(=O)CCCCCC. The number of aliphatic hydroxyl groups is 6. The van der Waals surface area contributed by atoms with E-state index in [-0.39, 0.29) is 24.8 Å². The van der Waals surface area contributed by atoms with Gasteiger partial charge in [0.25, 0.3) is 0 Å². The summed E-state index contributed by atoms with van der Waals surface area (Å²) >= 11 is 0. The molecular formula is C44H86N2O10. The molecule has 1 saturated heterocycles. The van der Waals surface area contributed by atoms with Crippen LogP contribution in [-0.2, 0) is 19.1 Å². The van der Waals surface area contributed by atoms with Gasteiger partial charge >= 0.3 is 0 Å². The Morgan fingerprint density at radius 2 is 1.11 bits per heavy atom. The molecule has 56 heavy (non-hydrogen) atoms. The summed E-state index contributed by atoms with van der Waals surface area (Å²) in [5, 5.41) is 65.1. The molecule has 0 bridgehead atoms. The molecule has 332 valence electrons. The lowest BCUT2D eigenvalue weighted by Crippen LogP contribution is -2.60. The summed E-state index contributed by atoms with van der Waals surface area (Å²) in [6, 6.07) is -1.01. The van der Waals surface area contributed by atoms with Crippen molar-refractivity contribution in [3.8, 4) is 0 Å². The van der Waals surface area contributed by atoms with E-state index >= 15 is 0 Å². The Morgan fingerprint density at radius 3 is 1.64 bits per heavy atom. The van der Waals surface area contributed by atoms with Crippen molar-refractivity contribution in [2.24, 2.45) is 0 Å². The van der Waals surface area contributed by atoms with Crippen LogP contribution in [0.25, 0.3) is 0 Å². The Hall–Kier alpha value is -1.38. The zero-order chi connectivity index (χ0) is 41.4. The molecule has 12 nitrogen and oxygen atoms in total. The van der Waals surface area contributed by atoms with Crippen LogP contribution in [0.5, 0.6) is 0 Å². The number of rotatable bonds is 37. The van der Waals surface area contributed by atoms with Gasteiger partial charge in [-0.15, -0.1) is 0 Å². The highest BCUT2D eigenvalue weighted by Gasteiger charge is 2.44. The Bertz CT molecular complexity index is 943. The molecular weight excluding hydrogens is 716 g/mol. The molecule has 1 aliphatic rings. The minimum absolute atomic E-state index is 0.253. The van der Waals surface area contributed by atoms with Gasteiger partial charge in [0, 0.05) is 26.4 Å². The number of carbonyl (C=O) groups excluding carboxylic acids is 2. The number of unbranched alkanes of at least 4 members (excludes halogenated alkanes) is 22. The average Bonchev–Trinajstić information content (AvgIpc) is 3.19. The summed E-state index contributed by atoms with van der Waals surface area (Å²) in [7, 11) is 1.91. The van der Waals surface area contributed by atoms with Crippen molar-refractivity contribution in [1.82, 2.24) is 10.2 Å². The van der Waals surface area contributed by atoms with Gasteiger partial charge in [-0.05, 0) is 25.7 Å².